The van der Waals surface area contributed by atoms with Gasteiger partial charge in [-0.25, -0.2) is 0 Å². The van der Waals surface area contributed by atoms with E-state index in [4.69, 9.17) is 9.47 Å². The molecule has 5 heteroatoms. The van der Waals surface area contributed by atoms with E-state index in [0.717, 1.165) is 37.4 Å². The Morgan fingerprint density at radius 1 is 1.19 bits per heavy atom. The normalized spacial score (nSPS) is 21.8. The first-order valence-corrected chi connectivity index (χ1v) is 9.23. The fourth-order valence-corrected chi connectivity index (χ4v) is 3.50. The summed E-state index contributed by atoms with van der Waals surface area (Å²) in [6, 6.07) is 15.6. The van der Waals surface area contributed by atoms with E-state index in [1.807, 2.05) is 36.4 Å². The van der Waals surface area contributed by atoms with E-state index >= 15 is 0 Å². The number of carbonyl (C=O) groups excluding carboxylic acids is 1. The summed E-state index contributed by atoms with van der Waals surface area (Å²) >= 11 is 0. The molecule has 0 radical (unpaired) electrons. The van der Waals surface area contributed by atoms with Crippen LogP contribution in [0.15, 0.2) is 48.5 Å². The molecule has 0 bridgehead atoms. The Balaban J connectivity index is 1.35. The molecule has 0 spiro atoms. The SMILES string of the molecule is O=C(Nc1cccc(OCC2CCCO2)c1)C1Cc2ccccc2CN1. The fourth-order valence-electron chi connectivity index (χ4n) is 3.50. The second-order valence-corrected chi connectivity index (χ2v) is 6.87. The summed E-state index contributed by atoms with van der Waals surface area (Å²) in [5, 5.41) is 6.31. The topological polar surface area (TPSA) is 59.6 Å². The minimum Gasteiger partial charge on any atom is -0.491 e. The highest BCUT2D eigenvalue weighted by Crippen LogP contribution is 2.21. The Morgan fingerprint density at radius 2 is 2.08 bits per heavy atom. The summed E-state index contributed by atoms with van der Waals surface area (Å²) in [5.41, 5.74) is 3.25. The molecule has 0 aliphatic carbocycles. The average molecular weight is 352 g/mol. The van der Waals surface area contributed by atoms with Crippen LogP contribution in [0.2, 0.25) is 0 Å². The third-order valence-corrected chi connectivity index (χ3v) is 4.96. The lowest BCUT2D eigenvalue weighted by Gasteiger charge is -2.25. The monoisotopic (exact) mass is 352 g/mol. The molecule has 26 heavy (non-hydrogen) atoms. The number of nitrogens with one attached hydrogen (secondary N) is 2. The van der Waals surface area contributed by atoms with Crippen LogP contribution in [0.25, 0.3) is 0 Å². The Kier molecular flexibility index (Phi) is 5.18. The molecule has 1 amide bonds. The number of benzene rings is 2. The van der Waals surface area contributed by atoms with Crippen LogP contribution in [0, 0.1) is 0 Å². The van der Waals surface area contributed by atoms with Crippen LogP contribution in [0.1, 0.15) is 24.0 Å². The van der Waals surface area contributed by atoms with E-state index in [1.165, 1.54) is 11.1 Å². The number of anilines is 1. The fraction of sp³-hybridized carbons (Fsp3) is 0.381. The van der Waals surface area contributed by atoms with Gasteiger partial charge in [-0.3, -0.25) is 4.79 Å². The van der Waals surface area contributed by atoms with Gasteiger partial charge in [-0.1, -0.05) is 30.3 Å². The molecule has 2 heterocycles. The van der Waals surface area contributed by atoms with E-state index in [2.05, 4.69) is 22.8 Å². The number of fused-ring (bicyclic) bond motifs is 1. The molecule has 2 N–H and O–H groups in total. The molecule has 2 aliphatic rings. The summed E-state index contributed by atoms with van der Waals surface area (Å²) in [7, 11) is 0. The second kappa shape index (κ2) is 7.89. The van der Waals surface area contributed by atoms with Crippen molar-refractivity contribution in [1.29, 1.82) is 0 Å². The highest BCUT2D eigenvalue weighted by molar-refractivity contribution is 5.95. The van der Waals surface area contributed by atoms with Gasteiger partial charge in [0.1, 0.15) is 12.4 Å². The minimum absolute atomic E-state index is 0.0178. The quantitative estimate of drug-likeness (QED) is 0.869. The molecule has 4 rings (SSSR count). The van der Waals surface area contributed by atoms with Crippen molar-refractivity contribution in [3.8, 4) is 5.75 Å². The number of ether oxygens (including phenoxy) is 2. The van der Waals surface area contributed by atoms with E-state index in [-0.39, 0.29) is 18.1 Å². The largest absolute Gasteiger partial charge is 0.491 e. The molecule has 0 aromatic heterocycles. The predicted molar refractivity (Wildman–Crippen MR) is 100 cm³/mol. The van der Waals surface area contributed by atoms with Crippen LogP contribution in [0.5, 0.6) is 5.75 Å². The van der Waals surface area contributed by atoms with Crippen molar-refractivity contribution in [2.45, 2.75) is 38.0 Å². The van der Waals surface area contributed by atoms with Crippen LogP contribution in [0.4, 0.5) is 5.69 Å². The molecule has 2 aromatic rings. The van der Waals surface area contributed by atoms with Crippen LogP contribution in [0.3, 0.4) is 0 Å². The minimum atomic E-state index is -0.221. The maximum atomic E-state index is 12.6. The van der Waals surface area contributed by atoms with Crippen molar-refractivity contribution in [2.75, 3.05) is 18.5 Å². The van der Waals surface area contributed by atoms with E-state index in [0.29, 0.717) is 13.0 Å². The predicted octanol–water partition coefficient (Wildman–Crippen LogP) is 2.90. The molecular formula is C21H24N2O3. The Morgan fingerprint density at radius 3 is 2.92 bits per heavy atom. The van der Waals surface area contributed by atoms with Gasteiger partial charge in [0.05, 0.1) is 12.1 Å². The standard InChI is InChI=1S/C21H24N2O3/c24-21(20-11-15-5-1-2-6-16(15)13-22-20)23-17-7-3-8-18(12-17)26-14-19-9-4-10-25-19/h1-3,5-8,12,19-20,22H,4,9-11,13-14H2,(H,23,24). The molecule has 5 nitrogen and oxygen atoms in total. The van der Waals surface area contributed by atoms with Gasteiger partial charge in [0.15, 0.2) is 0 Å². The van der Waals surface area contributed by atoms with E-state index in [1.54, 1.807) is 0 Å². The molecule has 2 aliphatic heterocycles. The Labute approximate surface area is 153 Å². The molecule has 0 saturated carbocycles. The summed E-state index contributed by atoms with van der Waals surface area (Å²) < 4.78 is 11.4. The third kappa shape index (κ3) is 4.06. The smallest absolute Gasteiger partial charge is 0.241 e. The molecule has 2 atom stereocenters. The maximum absolute atomic E-state index is 12.6. The van der Waals surface area contributed by atoms with Gasteiger partial charge in [-0.2, -0.15) is 0 Å². The zero-order valence-electron chi connectivity index (χ0n) is 14.7. The first-order chi connectivity index (χ1) is 12.8. The number of carbonyl (C=O) groups is 1. The molecule has 2 unspecified atom stereocenters. The van der Waals surface area contributed by atoms with Crippen molar-refractivity contribution >= 4 is 11.6 Å². The van der Waals surface area contributed by atoms with Gasteiger partial charge >= 0.3 is 0 Å². The lowest BCUT2D eigenvalue weighted by atomic mass is 9.95. The van der Waals surface area contributed by atoms with Gasteiger partial charge in [-0.15, -0.1) is 0 Å². The average Bonchev–Trinajstić information content (AvgIpc) is 3.20. The van der Waals surface area contributed by atoms with Crippen molar-refractivity contribution in [3.05, 3.63) is 59.7 Å². The lowest BCUT2D eigenvalue weighted by Crippen LogP contribution is -2.44. The van der Waals surface area contributed by atoms with E-state index < -0.39 is 0 Å². The number of hydrogen-bond donors (Lipinski definition) is 2. The zero-order valence-corrected chi connectivity index (χ0v) is 14.7. The molecule has 136 valence electrons. The molecule has 1 fully saturated rings. The van der Waals surface area contributed by atoms with Crippen LogP contribution in [-0.2, 0) is 22.5 Å². The summed E-state index contributed by atoms with van der Waals surface area (Å²) in [6.07, 6.45) is 3.03. The third-order valence-electron chi connectivity index (χ3n) is 4.96. The van der Waals surface area contributed by atoms with Crippen LogP contribution >= 0.6 is 0 Å². The Bertz CT molecular complexity index is 771. The highest BCUT2D eigenvalue weighted by Gasteiger charge is 2.24. The molecular weight excluding hydrogens is 328 g/mol. The number of amides is 1. The summed E-state index contributed by atoms with van der Waals surface area (Å²) in [6.45, 7) is 2.10. The second-order valence-electron chi connectivity index (χ2n) is 6.87. The zero-order chi connectivity index (χ0) is 17.8. The maximum Gasteiger partial charge on any atom is 0.241 e. The van der Waals surface area contributed by atoms with Crippen molar-refractivity contribution in [3.63, 3.8) is 0 Å². The first kappa shape index (κ1) is 17.1. The van der Waals surface area contributed by atoms with Gasteiger partial charge in [0.2, 0.25) is 5.91 Å². The lowest BCUT2D eigenvalue weighted by molar-refractivity contribution is -0.118. The van der Waals surface area contributed by atoms with Crippen LogP contribution in [-0.4, -0.2) is 31.3 Å². The van der Waals surface area contributed by atoms with Crippen molar-refractivity contribution < 1.29 is 14.3 Å². The van der Waals surface area contributed by atoms with Gasteiger partial charge in [0, 0.05) is 24.9 Å². The van der Waals surface area contributed by atoms with Gasteiger partial charge < -0.3 is 20.1 Å². The Hall–Kier alpha value is -2.37. The number of rotatable bonds is 5. The van der Waals surface area contributed by atoms with Gasteiger partial charge in [-0.05, 0) is 42.5 Å². The van der Waals surface area contributed by atoms with Crippen LogP contribution < -0.4 is 15.4 Å². The van der Waals surface area contributed by atoms with Gasteiger partial charge in [0.25, 0.3) is 0 Å². The first-order valence-electron chi connectivity index (χ1n) is 9.23. The summed E-state index contributed by atoms with van der Waals surface area (Å²) in [5.74, 6) is 0.732. The van der Waals surface area contributed by atoms with Crippen molar-refractivity contribution in [1.82, 2.24) is 5.32 Å². The van der Waals surface area contributed by atoms with E-state index in [9.17, 15) is 4.79 Å². The summed E-state index contributed by atoms with van der Waals surface area (Å²) in [4.78, 5) is 12.6. The number of hydrogen-bond acceptors (Lipinski definition) is 4. The molecule has 2 aromatic carbocycles. The highest BCUT2D eigenvalue weighted by atomic mass is 16.5. The molecule has 1 saturated heterocycles. The van der Waals surface area contributed by atoms with Crippen molar-refractivity contribution in [2.24, 2.45) is 0 Å².